The Labute approximate surface area is 96.6 Å². The van der Waals surface area contributed by atoms with Crippen molar-refractivity contribution in [2.45, 2.75) is 5.92 Å². The molecule has 16 heavy (non-hydrogen) atoms. The van der Waals surface area contributed by atoms with Crippen molar-refractivity contribution < 1.29 is 9.84 Å². The van der Waals surface area contributed by atoms with Crippen molar-refractivity contribution >= 4 is 0 Å². The van der Waals surface area contributed by atoms with Gasteiger partial charge in [-0.25, -0.2) is 0 Å². The Bertz CT molecular complexity index is 296. The lowest BCUT2D eigenvalue weighted by Crippen LogP contribution is -2.39. The van der Waals surface area contributed by atoms with Crippen LogP contribution < -0.4 is 0 Å². The number of rotatable bonds is 4. The molecule has 0 aromatic heterocycles. The smallest absolute Gasteiger partial charge is 0.0594 e. The summed E-state index contributed by atoms with van der Waals surface area (Å²) in [6, 6.07) is 10.2. The average molecular weight is 221 g/mol. The SMILES string of the molecule is OCC(CN1CCOCC1)c1ccccc1. The highest BCUT2D eigenvalue weighted by molar-refractivity contribution is 5.19. The second-order valence-electron chi connectivity index (χ2n) is 4.20. The van der Waals surface area contributed by atoms with Crippen LogP contribution in [0.1, 0.15) is 11.5 Å². The number of aliphatic hydroxyl groups is 1. The lowest BCUT2D eigenvalue weighted by Gasteiger charge is -2.29. The summed E-state index contributed by atoms with van der Waals surface area (Å²) in [6.07, 6.45) is 0. The minimum atomic E-state index is 0.210. The van der Waals surface area contributed by atoms with E-state index in [2.05, 4.69) is 17.0 Å². The molecule has 1 aromatic rings. The van der Waals surface area contributed by atoms with Crippen LogP contribution in [0.15, 0.2) is 30.3 Å². The van der Waals surface area contributed by atoms with Crippen LogP contribution in [0, 0.1) is 0 Å². The van der Waals surface area contributed by atoms with E-state index in [-0.39, 0.29) is 12.5 Å². The highest BCUT2D eigenvalue weighted by Crippen LogP contribution is 2.16. The molecule has 0 aliphatic carbocycles. The number of morpholine rings is 1. The Balaban J connectivity index is 1.94. The third-order valence-corrected chi connectivity index (χ3v) is 3.07. The van der Waals surface area contributed by atoms with Gasteiger partial charge >= 0.3 is 0 Å². The van der Waals surface area contributed by atoms with E-state index in [0.717, 1.165) is 32.8 Å². The second kappa shape index (κ2) is 5.99. The molecule has 1 aliphatic heterocycles. The number of ether oxygens (including phenoxy) is 1. The van der Waals surface area contributed by atoms with Crippen LogP contribution in [0.5, 0.6) is 0 Å². The van der Waals surface area contributed by atoms with E-state index in [1.165, 1.54) is 5.56 Å². The van der Waals surface area contributed by atoms with Crippen LogP contribution in [0.3, 0.4) is 0 Å². The van der Waals surface area contributed by atoms with E-state index in [0.29, 0.717) is 0 Å². The summed E-state index contributed by atoms with van der Waals surface area (Å²) in [5.74, 6) is 0.222. The summed E-state index contributed by atoms with van der Waals surface area (Å²) < 4.78 is 5.32. The van der Waals surface area contributed by atoms with Gasteiger partial charge in [-0.1, -0.05) is 30.3 Å². The lowest BCUT2D eigenvalue weighted by atomic mass is 9.99. The van der Waals surface area contributed by atoms with E-state index in [1.807, 2.05) is 18.2 Å². The Kier molecular flexibility index (Phi) is 4.34. The van der Waals surface area contributed by atoms with Crippen molar-refractivity contribution in [3.8, 4) is 0 Å². The van der Waals surface area contributed by atoms with Crippen LogP contribution in [-0.4, -0.2) is 49.5 Å². The van der Waals surface area contributed by atoms with Gasteiger partial charge in [0.2, 0.25) is 0 Å². The predicted octanol–water partition coefficient (Wildman–Crippen LogP) is 1.09. The molecular weight excluding hydrogens is 202 g/mol. The lowest BCUT2D eigenvalue weighted by molar-refractivity contribution is 0.0319. The van der Waals surface area contributed by atoms with E-state index in [9.17, 15) is 5.11 Å². The van der Waals surface area contributed by atoms with Gasteiger partial charge in [-0.2, -0.15) is 0 Å². The number of hydrogen-bond donors (Lipinski definition) is 1. The molecule has 1 heterocycles. The molecule has 3 heteroatoms. The van der Waals surface area contributed by atoms with Gasteiger partial charge in [0.05, 0.1) is 19.8 Å². The molecule has 0 saturated carbocycles. The van der Waals surface area contributed by atoms with Gasteiger partial charge in [-0.05, 0) is 5.56 Å². The molecule has 0 radical (unpaired) electrons. The zero-order valence-electron chi connectivity index (χ0n) is 9.51. The van der Waals surface area contributed by atoms with Crippen molar-refractivity contribution in [3.63, 3.8) is 0 Å². The van der Waals surface area contributed by atoms with Crippen LogP contribution in [0.4, 0.5) is 0 Å². The molecule has 0 amide bonds. The Morgan fingerprint density at radius 3 is 2.50 bits per heavy atom. The van der Waals surface area contributed by atoms with Crippen molar-refractivity contribution in [1.29, 1.82) is 0 Å². The van der Waals surface area contributed by atoms with Crippen LogP contribution in [0.25, 0.3) is 0 Å². The summed E-state index contributed by atoms with van der Waals surface area (Å²) in [5, 5.41) is 9.45. The summed E-state index contributed by atoms with van der Waals surface area (Å²) in [6.45, 7) is 4.71. The third-order valence-electron chi connectivity index (χ3n) is 3.07. The Morgan fingerprint density at radius 2 is 1.88 bits per heavy atom. The molecule has 0 bridgehead atoms. The highest BCUT2D eigenvalue weighted by atomic mass is 16.5. The molecule has 1 fully saturated rings. The standard InChI is InChI=1S/C13H19NO2/c15-11-13(12-4-2-1-3-5-12)10-14-6-8-16-9-7-14/h1-5,13,15H,6-11H2. The topological polar surface area (TPSA) is 32.7 Å². The molecule has 88 valence electrons. The summed E-state index contributed by atoms with van der Waals surface area (Å²) in [7, 11) is 0. The fourth-order valence-corrected chi connectivity index (χ4v) is 2.09. The first kappa shape index (κ1) is 11.6. The predicted molar refractivity (Wildman–Crippen MR) is 63.5 cm³/mol. The first-order valence-corrected chi connectivity index (χ1v) is 5.86. The van der Waals surface area contributed by atoms with E-state index < -0.39 is 0 Å². The molecule has 1 atom stereocenters. The van der Waals surface area contributed by atoms with Crippen molar-refractivity contribution in [3.05, 3.63) is 35.9 Å². The Morgan fingerprint density at radius 1 is 1.19 bits per heavy atom. The summed E-state index contributed by atoms with van der Waals surface area (Å²) in [4.78, 5) is 2.36. The fraction of sp³-hybridized carbons (Fsp3) is 0.538. The number of nitrogens with zero attached hydrogens (tertiary/aromatic N) is 1. The van der Waals surface area contributed by atoms with Crippen LogP contribution in [0.2, 0.25) is 0 Å². The molecule has 1 unspecified atom stereocenters. The zero-order valence-corrected chi connectivity index (χ0v) is 9.51. The van der Waals surface area contributed by atoms with Crippen molar-refractivity contribution in [2.24, 2.45) is 0 Å². The molecule has 1 saturated heterocycles. The maximum Gasteiger partial charge on any atom is 0.0594 e. The number of hydrogen-bond acceptors (Lipinski definition) is 3. The molecule has 1 N–H and O–H groups in total. The summed E-state index contributed by atoms with van der Waals surface area (Å²) in [5.41, 5.74) is 1.22. The number of benzene rings is 1. The van der Waals surface area contributed by atoms with Gasteiger partial charge < -0.3 is 9.84 Å². The van der Waals surface area contributed by atoms with Crippen molar-refractivity contribution in [1.82, 2.24) is 4.90 Å². The first-order valence-electron chi connectivity index (χ1n) is 5.86. The first-order chi connectivity index (χ1) is 7.90. The second-order valence-corrected chi connectivity index (χ2v) is 4.20. The number of aliphatic hydroxyl groups excluding tert-OH is 1. The molecule has 1 aliphatic rings. The Hall–Kier alpha value is -0.900. The van der Waals surface area contributed by atoms with Gasteiger partial charge in [-0.3, -0.25) is 4.90 Å². The maximum atomic E-state index is 9.45. The van der Waals surface area contributed by atoms with Crippen LogP contribution in [-0.2, 0) is 4.74 Å². The van der Waals surface area contributed by atoms with E-state index in [1.54, 1.807) is 0 Å². The molecule has 1 aromatic carbocycles. The van der Waals surface area contributed by atoms with Gasteiger partial charge in [0.15, 0.2) is 0 Å². The monoisotopic (exact) mass is 221 g/mol. The maximum absolute atomic E-state index is 9.45. The van der Waals surface area contributed by atoms with Crippen LogP contribution >= 0.6 is 0 Å². The minimum absolute atomic E-state index is 0.210. The van der Waals surface area contributed by atoms with E-state index >= 15 is 0 Å². The van der Waals surface area contributed by atoms with Gasteiger partial charge in [0, 0.05) is 25.6 Å². The van der Waals surface area contributed by atoms with Crippen molar-refractivity contribution in [2.75, 3.05) is 39.5 Å². The minimum Gasteiger partial charge on any atom is -0.396 e. The quantitative estimate of drug-likeness (QED) is 0.826. The van der Waals surface area contributed by atoms with Gasteiger partial charge in [0.25, 0.3) is 0 Å². The summed E-state index contributed by atoms with van der Waals surface area (Å²) >= 11 is 0. The fourth-order valence-electron chi connectivity index (χ4n) is 2.09. The van der Waals surface area contributed by atoms with Gasteiger partial charge in [0.1, 0.15) is 0 Å². The molecule has 3 nitrogen and oxygen atoms in total. The molecular formula is C13H19NO2. The third kappa shape index (κ3) is 3.04. The molecule has 2 rings (SSSR count). The molecule has 0 spiro atoms. The van der Waals surface area contributed by atoms with Gasteiger partial charge in [-0.15, -0.1) is 0 Å². The van der Waals surface area contributed by atoms with E-state index in [4.69, 9.17) is 4.74 Å². The largest absolute Gasteiger partial charge is 0.396 e. The zero-order chi connectivity index (χ0) is 11.2. The normalized spacial score (nSPS) is 19.6. The average Bonchev–Trinajstić information content (AvgIpc) is 2.38. The highest BCUT2D eigenvalue weighted by Gasteiger charge is 2.17.